The van der Waals surface area contributed by atoms with Crippen molar-refractivity contribution in [3.8, 4) is 5.88 Å². The number of hydrogen-bond acceptors (Lipinski definition) is 6. The van der Waals surface area contributed by atoms with Crippen LogP contribution in [0.25, 0.3) is 0 Å². The SMILES string of the molecule is COc1cc(CN2CCN(c3ccc(C)nn3)CC2)ccn1. The molecular weight excluding hydrogens is 278 g/mol. The van der Waals surface area contributed by atoms with Gasteiger partial charge in [0.25, 0.3) is 0 Å². The molecule has 0 bridgehead atoms. The molecule has 0 atom stereocenters. The lowest BCUT2D eigenvalue weighted by atomic mass is 10.2. The van der Waals surface area contributed by atoms with E-state index in [0.717, 1.165) is 44.2 Å². The Morgan fingerprint density at radius 3 is 2.59 bits per heavy atom. The molecule has 22 heavy (non-hydrogen) atoms. The summed E-state index contributed by atoms with van der Waals surface area (Å²) in [5.74, 6) is 1.64. The van der Waals surface area contributed by atoms with E-state index in [1.54, 1.807) is 13.3 Å². The van der Waals surface area contributed by atoms with Gasteiger partial charge in [-0.25, -0.2) is 4.98 Å². The van der Waals surface area contributed by atoms with Crippen molar-refractivity contribution in [1.29, 1.82) is 0 Å². The molecule has 3 rings (SSSR count). The van der Waals surface area contributed by atoms with E-state index in [9.17, 15) is 0 Å². The third kappa shape index (κ3) is 3.51. The Balaban J connectivity index is 1.56. The highest BCUT2D eigenvalue weighted by atomic mass is 16.5. The summed E-state index contributed by atoms with van der Waals surface area (Å²) in [6.07, 6.45) is 1.80. The smallest absolute Gasteiger partial charge is 0.213 e. The lowest BCUT2D eigenvalue weighted by molar-refractivity contribution is 0.248. The zero-order valence-corrected chi connectivity index (χ0v) is 13.1. The molecule has 6 nitrogen and oxygen atoms in total. The number of pyridine rings is 1. The van der Waals surface area contributed by atoms with Crippen LogP contribution in [-0.2, 0) is 6.54 Å². The van der Waals surface area contributed by atoms with Crippen LogP contribution in [0.5, 0.6) is 5.88 Å². The van der Waals surface area contributed by atoms with Gasteiger partial charge in [0.1, 0.15) is 0 Å². The van der Waals surface area contributed by atoms with Gasteiger partial charge < -0.3 is 9.64 Å². The minimum Gasteiger partial charge on any atom is -0.481 e. The van der Waals surface area contributed by atoms with Gasteiger partial charge in [-0.1, -0.05) is 0 Å². The van der Waals surface area contributed by atoms with Crippen molar-refractivity contribution in [2.75, 3.05) is 38.2 Å². The standard InChI is InChI=1S/C16H21N5O/c1-13-3-4-15(19-18-13)21-9-7-20(8-10-21)12-14-5-6-17-16(11-14)22-2/h3-6,11H,7-10,12H2,1-2H3. The van der Waals surface area contributed by atoms with Crippen LogP contribution in [0.4, 0.5) is 5.82 Å². The first kappa shape index (κ1) is 14.7. The molecule has 2 aromatic rings. The fraction of sp³-hybridized carbons (Fsp3) is 0.438. The van der Waals surface area contributed by atoms with Gasteiger partial charge in [-0.3, -0.25) is 4.90 Å². The Morgan fingerprint density at radius 2 is 1.91 bits per heavy atom. The normalized spacial score (nSPS) is 15.8. The molecule has 0 N–H and O–H groups in total. The van der Waals surface area contributed by atoms with E-state index in [4.69, 9.17) is 4.74 Å². The molecule has 0 aliphatic carbocycles. The molecular formula is C16H21N5O. The second-order valence-electron chi connectivity index (χ2n) is 5.50. The van der Waals surface area contributed by atoms with E-state index >= 15 is 0 Å². The van der Waals surface area contributed by atoms with Gasteiger partial charge in [-0.2, -0.15) is 5.10 Å². The van der Waals surface area contributed by atoms with Crippen molar-refractivity contribution >= 4 is 5.82 Å². The number of ether oxygens (including phenoxy) is 1. The molecule has 1 aliphatic rings. The first-order valence-electron chi connectivity index (χ1n) is 7.51. The maximum atomic E-state index is 5.18. The van der Waals surface area contributed by atoms with Gasteiger partial charge >= 0.3 is 0 Å². The summed E-state index contributed by atoms with van der Waals surface area (Å²) < 4.78 is 5.18. The number of methoxy groups -OCH3 is 1. The Morgan fingerprint density at radius 1 is 1.09 bits per heavy atom. The molecule has 0 radical (unpaired) electrons. The molecule has 1 fully saturated rings. The Hall–Kier alpha value is -2.21. The van der Waals surface area contributed by atoms with Crippen molar-refractivity contribution in [2.24, 2.45) is 0 Å². The fourth-order valence-corrected chi connectivity index (χ4v) is 2.61. The third-order valence-corrected chi connectivity index (χ3v) is 3.89. The number of nitrogens with zero attached hydrogens (tertiary/aromatic N) is 5. The zero-order chi connectivity index (χ0) is 15.4. The topological polar surface area (TPSA) is 54.4 Å². The molecule has 2 aromatic heterocycles. The number of hydrogen-bond donors (Lipinski definition) is 0. The first-order valence-corrected chi connectivity index (χ1v) is 7.51. The number of aryl methyl sites for hydroxylation is 1. The van der Waals surface area contributed by atoms with Crippen LogP contribution in [0.15, 0.2) is 30.5 Å². The van der Waals surface area contributed by atoms with Gasteiger partial charge in [0.15, 0.2) is 5.82 Å². The molecule has 0 aromatic carbocycles. The first-order chi connectivity index (χ1) is 10.7. The van der Waals surface area contributed by atoms with Crippen LogP contribution in [0, 0.1) is 6.92 Å². The molecule has 0 amide bonds. The number of rotatable bonds is 4. The van der Waals surface area contributed by atoms with E-state index < -0.39 is 0 Å². The molecule has 116 valence electrons. The van der Waals surface area contributed by atoms with Crippen molar-refractivity contribution in [2.45, 2.75) is 13.5 Å². The van der Waals surface area contributed by atoms with E-state index in [-0.39, 0.29) is 0 Å². The van der Waals surface area contributed by atoms with Gasteiger partial charge in [-0.15, -0.1) is 5.10 Å². The molecule has 0 unspecified atom stereocenters. The van der Waals surface area contributed by atoms with E-state index in [2.05, 4.69) is 25.0 Å². The minimum atomic E-state index is 0.672. The fourth-order valence-electron chi connectivity index (χ4n) is 2.61. The Bertz CT molecular complexity index is 608. The van der Waals surface area contributed by atoms with E-state index in [0.29, 0.717) is 5.88 Å². The maximum Gasteiger partial charge on any atom is 0.213 e. The van der Waals surface area contributed by atoms with E-state index in [1.165, 1.54) is 5.56 Å². The second kappa shape index (κ2) is 6.70. The molecule has 1 saturated heterocycles. The van der Waals surface area contributed by atoms with Crippen LogP contribution >= 0.6 is 0 Å². The van der Waals surface area contributed by atoms with Crippen molar-refractivity contribution < 1.29 is 4.74 Å². The summed E-state index contributed by atoms with van der Waals surface area (Å²) in [5.41, 5.74) is 2.18. The van der Waals surface area contributed by atoms with Crippen molar-refractivity contribution in [1.82, 2.24) is 20.1 Å². The quantitative estimate of drug-likeness (QED) is 0.853. The highest BCUT2D eigenvalue weighted by Gasteiger charge is 2.18. The zero-order valence-electron chi connectivity index (χ0n) is 13.1. The molecule has 0 spiro atoms. The van der Waals surface area contributed by atoms with Gasteiger partial charge in [-0.05, 0) is 30.7 Å². The minimum absolute atomic E-state index is 0.672. The third-order valence-electron chi connectivity index (χ3n) is 3.89. The number of piperazine rings is 1. The lowest BCUT2D eigenvalue weighted by Gasteiger charge is -2.35. The van der Waals surface area contributed by atoms with Gasteiger partial charge in [0.2, 0.25) is 5.88 Å². The highest BCUT2D eigenvalue weighted by Crippen LogP contribution is 2.15. The van der Waals surface area contributed by atoms with Crippen LogP contribution in [0.2, 0.25) is 0 Å². The summed E-state index contributed by atoms with van der Waals surface area (Å²) in [7, 11) is 1.65. The molecule has 6 heteroatoms. The average Bonchev–Trinajstić information content (AvgIpc) is 2.57. The van der Waals surface area contributed by atoms with Crippen molar-refractivity contribution in [3.05, 3.63) is 41.7 Å². The monoisotopic (exact) mass is 299 g/mol. The molecule has 0 saturated carbocycles. The number of anilines is 1. The van der Waals surface area contributed by atoms with E-state index in [1.807, 2.05) is 31.2 Å². The largest absolute Gasteiger partial charge is 0.481 e. The predicted octanol–water partition coefficient (Wildman–Crippen LogP) is 1.51. The Labute approximate surface area is 130 Å². The predicted molar refractivity (Wildman–Crippen MR) is 85.0 cm³/mol. The van der Waals surface area contributed by atoms with Gasteiger partial charge in [0, 0.05) is 45.0 Å². The molecule has 3 heterocycles. The summed E-state index contributed by atoms with van der Waals surface area (Å²) in [4.78, 5) is 8.87. The average molecular weight is 299 g/mol. The van der Waals surface area contributed by atoms with Crippen LogP contribution in [-0.4, -0.2) is 53.4 Å². The highest BCUT2D eigenvalue weighted by molar-refractivity contribution is 5.37. The van der Waals surface area contributed by atoms with Crippen LogP contribution < -0.4 is 9.64 Å². The summed E-state index contributed by atoms with van der Waals surface area (Å²) in [5, 5.41) is 8.40. The number of aromatic nitrogens is 3. The van der Waals surface area contributed by atoms with Crippen LogP contribution in [0.1, 0.15) is 11.3 Å². The van der Waals surface area contributed by atoms with Gasteiger partial charge in [0.05, 0.1) is 12.8 Å². The summed E-state index contributed by atoms with van der Waals surface area (Å²) in [6, 6.07) is 8.10. The second-order valence-corrected chi connectivity index (χ2v) is 5.50. The van der Waals surface area contributed by atoms with Crippen molar-refractivity contribution in [3.63, 3.8) is 0 Å². The summed E-state index contributed by atoms with van der Waals surface area (Å²) in [6.45, 7) is 6.85. The summed E-state index contributed by atoms with van der Waals surface area (Å²) >= 11 is 0. The molecule has 1 aliphatic heterocycles. The maximum absolute atomic E-state index is 5.18. The van der Waals surface area contributed by atoms with Crippen LogP contribution in [0.3, 0.4) is 0 Å². The lowest BCUT2D eigenvalue weighted by Crippen LogP contribution is -2.46. The Kier molecular flexibility index (Phi) is 4.48.